The van der Waals surface area contributed by atoms with Gasteiger partial charge in [-0.3, -0.25) is 0 Å². The Morgan fingerprint density at radius 3 is 2.20 bits per heavy atom. The van der Waals surface area contributed by atoms with Gasteiger partial charge < -0.3 is 0 Å². The smallest absolute Gasteiger partial charge is 0.00403 e. The molecule has 0 N–H and O–H groups in total. The standard InChI is InChI=1S/C8H8S2/c9-6-5-7-1-3-8(10)4-2-7/h1-6,9-10H/b6-5+. The Kier molecular flexibility index (Phi) is 2.90. The van der Waals surface area contributed by atoms with Crippen LogP contribution in [0.3, 0.4) is 0 Å². The zero-order valence-corrected chi connectivity index (χ0v) is 7.15. The lowest BCUT2D eigenvalue weighted by Gasteiger charge is -1.91. The van der Waals surface area contributed by atoms with Crippen molar-refractivity contribution in [2.45, 2.75) is 4.90 Å². The zero-order valence-electron chi connectivity index (χ0n) is 5.36. The average Bonchev–Trinajstić information content (AvgIpc) is 1.95. The lowest BCUT2D eigenvalue weighted by Crippen LogP contribution is -1.68. The molecule has 0 heterocycles. The van der Waals surface area contributed by atoms with Crippen molar-refractivity contribution in [3.63, 3.8) is 0 Å². The van der Waals surface area contributed by atoms with Crippen molar-refractivity contribution < 1.29 is 0 Å². The van der Waals surface area contributed by atoms with E-state index in [2.05, 4.69) is 25.3 Å². The van der Waals surface area contributed by atoms with Gasteiger partial charge in [-0.1, -0.05) is 12.1 Å². The monoisotopic (exact) mass is 168 g/mol. The minimum Gasteiger partial charge on any atom is -0.151 e. The molecule has 0 bridgehead atoms. The third-order valence-corrected chi connectivity index (χ3v) is 1.61. The Morgan fingerprint density at radius 2 is 1.70 bits per heavy atom. The van der Waals surface area contributed by atoms with E-state index in [1.54, 1.807) is 5.41 Å². The van der Waals surface area contributed by atoms with Crippen LogP contribution in [0.4, 0.5) is 0 Å². The van der Waals surface area contributed by atoms with Crippen molar-refractivity contribution in [1.29, 1.82) is 0 Å². The number of rotatable bonds is 1. The molecule has 0 spiro atoms. The molecule has 0 saturated carbocycles. The maximum atomic E-state index is 4.16. The van der Waals surface area contributed by atoms with Gasteiger partial charge in [-0.2, -0.15) is 12.6 Å². The minimum absolute atomic E-state index is 0.983. The van der Waals surface area contributed by atoms with Gasteiger partial charge in [-0.25, -0.2) is 0 Å². The molecule has 0 radical (unpaired) electrons. The van der Waals surface area contributed by atoms with Gasteiger partial charge >= 0.3 is 0 Å². The van der Waals surface area contributed by atoms with E-state index in [1.807, 2.05) is 30.3 Å². The lowest BCUT2D eigenvalue weighted by molar-refractivity contribution is 1.46. The Hall–Kier alpha value is -0.340. The second-order valence-corrected chi connectivity index (χ2v) is 2.72. The molecule has 0 aliphatic heterocycles. The first-order valence-corrected chi connectivity index (χ1v) is 3.89. The summed E-state index contributed by atoms with van der Waals surface area (Å²) in [6, 6.07) is 7.89. The van der Waals surface area contributed by atoms with Gasteiger partial charge in [0.2, 0.25) is 0 Å². The van der Waals surface area contributed by atoms with Crippen LogP contribution in [-0.4, -0.2) is 0 Å². The molecular formula is C8H8S2. The third kappa shape index (κ3) is 2.12. The number of benzene rings is 1. The highest BCUT2D eigenvalue weighted by molar-refractivity contribution is 7.83. The number of hydrogen-bond donors (Lipinski definition) is 2. The highest BCUT2D eigenvalue weighted by atomic mass is 32.1. The normalized spacial score (nSPS) is 10.6. The zero-order chi connectivity index (χ0) is 7.40. The molecule has 0 amide bonds. The molecule has 0 aliphatic rings. The van der Waals surface area contributed by atoms with E-state index < -0.39 is 0 Å². The molecular weight excluding hydrogens is 160 g/mol. The predicted molar refractivity (Wildman–Crippen MR) is 51.7 cm³/mol. The molecule has 0 atom stereocenters. The maximum absolute atomic E-state index is 4.16. The Labute approximate surface area is 71.8 Å². The molecule has 0 aromatic heterocycles. The van der Waals surface area contributed by atoms with Crippen LogP contribution in [0.5, 0.6) is 0 Å². The van der Waals surface area contributed by atoms with Crippen LogP contribution in [0.2, 0.25) is 0 Å². The molecule has 0 fully saturated rings. The number of hydrogen-bond acceptors (Lipinski definition) is 2. The van der Waals surface area contributed by atoms with Gasteiger partial charge in [-0.05, 0) is 29.2 Å². The van der Waals surface area contributed by atoms with Gasteiger partial charge in [-0.15, -0.1) is 12.6 Å². The summed E-state index contributed by atoms with van der Waals surface area (Å²) in [5, 5.41) is 1.72. The summed E-state index contributed by atoms with van der Waals surface area (Å²) >= 11 is 8.11. The van der Waals surface area contributed by atoms with Crippen LogP contribution in [0.1, 0.15) is 5.56 Å². The van der Waals surface area contributed by atoms with Gasteiger partial charge in [0.25, 0.3) is 0 Å². The van der Waals surface area contributed by atoms with E-state index in [9.17, 15) is 0 Å². The van der Waals surface area contributed by atoms with E-state index in [-0.39, 0.29) is 0 Å². The first-order chi connectivity index (χ1) is 4.83. The van der Waals surface area contributed by atoms with Crippen molar-refractivity contribution in [2.75, 3.05) is 0 Å². The third-order valence-electron chi connectivity index (χ3n) is 1.16. The van der Waals surface area contributed by atoms with Crippen LogP contribution >= 0.6 is 25.3 Å². The van der Waals surface area contributed by atoms with E-state index >= 15 is 0 Å². The fourth-order valence-corrected chi connectivity index (χ4v) is 0.993. The van der Waals surface area contributed by atoms with Crippen LogP contribution in [0.15, 0.2) is 34.6 Å². The summed E-state index contributed by atoms with van der Waals surface area (Å²) in [6.45, 7) is 0. The van der Waals surface area contributed by atoms with Gasteiger partial charge in [0.15, 0.2) is 0 Å². The van der Waals surface area contributed by atoms with Crippen molar-refractivity contribution in [1.82, 2.24) is 0 Å². The fraction of sp³-hybridized carbons (Fsp3) is 0. The molecule has 1 aromatic rings. The summed E-state index contributed by atoms with van der Waals surface area (Å²) < 4.78 is 0. The quantitative estimate of drug-likeness (QED) is 0.592. The Morgan fingerprint density at radius 1 is 1.10 bits per heavy atom. The van der Waals surface area contributed by atoms with Crippen molar-refractivity contribution in [3.05, 3.63) is 35.2 Å². The van der Waals surface area contributed by atoms with Crippen LogP contribution in [0.25, 0.3) is 6.08 Å². The van der Waals surface area contributed by atoms with E-state index in [0.717, 1.165) is 10.5 Å². The summed E-state index contributed by atoms with van der Waals surface area (Å²) in [5.74, 6) is 0. The molecule has 0 unspecified atom stereocenters. The van der Waals surface area contributed by atoms with Crippen LogP contribution < -0.4 is 0 Å². The average molecular weight is 168 g/mol. The van der Waals surface area contributed by atoms with E-state index in [1.165, 1.54) is 0 Å². The highest BCUT2D eigenvalue weighted by Gasteiger charge is 1.84. The number of thiol groups is 2. The molecule has 2 heteroatoms. The summed E-state index contributed by atoms with van der Waals surface area (Å²) in [6.07, 6.45) is 1.93. The summed E-state index contributed by atoms with van der Waals surface area (Å²) in [7, 11) is 0. The lowest BCUT2D eigenvalue weighted by atomic mass is 10.2. The predicted octanol–water partition coefficient (Wildman–Crippen LogP) is 2.88. The first-order valence-electron chi connectivity index (χ1n) is 2.93. The highest BCUT2D eigenvalue weighted by Crippen LogP contribution is 2.08. The molecule has 52 valence electrons. The maximum Gasteiger partial charge on any atom is 0.00403 e. The second-order valence-electron chi connectivity index (χ2n) is 1.91. The molecule has 0 nitrogen and oxygen atoms in total. The Bertz CT molecular complexity index is 224. The van der Waals surface area contributed by atoms with Crippen molar-refractivity contribution in [2.24, 2.45) is 0 Å². The second kappa shape index (κ2) is 3.74. The molecule has 1 rings (SSSR count). The van der Waals surface area contributed by atoms with E-state index in [4.69, 9.17) is 0 Å². The van der Waals surface area contributed by atoms with Crippen molar-refractivity contribution in [3.8, 4) is 0 Å². The fourth-order valence-electron chi connectivity index (χ4n) is 0.671. The minimum atomic E-state index is 0.983. The van der Waals surface area contributed by atoms with Crippen LogP contribution in [-0.2, 0) is 0 Å². The Balaban J connectivity index is 2.89. The largest absolute Gasteiger partial charge is 0.151 e. The summed E-state index contributed by atoms with van der Waals surface area (Å²) in [5.41, 5.74) is 1.15. The van der Waals surface area contributed by atoms with Gasteiger partial charge in [0, 0.05) is 4.90 Å². The molecule has 0 saturated heterocycles. The summed E-state index contributed by atoms with van der Waals surface area (Å²) in [4.78, 5) is 0.983. The van der Waals surface area contributed by atoms with Gasteiger partial charge in [0.1, 0.15) is 0 Å². The van der Waals surface area contributed by atoms with Crippen LogP contribution in [0, 0.1) is 0 Å². The molecule has 1 aromatic carbocycles. The van der Waals surface area contributed by atoms with Crippen molar-refractivity contribution >= 4 is 31.3 Å². The SMILES string of the molecule is S/C=C/c1ccc(S)cc1. The van der Waals surface area contributed by atoms with Gasteiger partial charge in [0.05, 0.1) is 0 Å². The topological polar surface area (TPSA) is 0 Å². The van der Waals surface area contributed by atoms with E-state index in [0.29, 0.717) is 0 Å². The molecule has 10 heavy (non-hydrogen) atoms. The molecule has 0 aliphatic carbocycles. The first kappa shape index (κ1) is 7.76.